The standard InChI is InChI=1S/C27H37N3O6S/c1-5-28-13-15-29(16-14-28)24-9-6-8-21-22(24)19-30(27(21)31)23(10-7-17-36-37(4,32)33)20-11-12-25(34-2)26(18-20)35-3/h6,8-9,11-12,18-19,23,31H,5,7,10,13-17H2,1-4H3/t23-/m1/s1. The second kappa shape index (κ2) is 11.6. The van der Waals surface area contributed by atoms with E-state index < -0.39 is 10.1 Å². The first-order chi connectivity index (χ1) is 17.8. The van der Waals surface area contributed by atoms with Crippen molar-refractivity contribution in [3.63, 3.8) is 0 Å². The molecule has 1 aliphatic heterocycles. The molecular formula is C27H37N3O6S. The second-order valence-corrected chi connectivity index (χ2v) is 11.0. The molecule has 0 saturated carbocycles. The summed E-state index contributed by atoms with van der Waals surface area (Å²) in [4.78, 5) is 4.81. The molecule has 10 heteroatoms. The summed E-state index contributed by atoms with van der Waals surface area (Å²) in [7, 11) is -0.352. The van der Waals surface area contributed by atoms with Crippen molar-refractivity contribution in [2.75, 3.05) is 64.7 Å². The number of likely N-dealkylation sites (N-methyl/N-ethyl adjacent to an activating group) is 1. The number of rotatable bonds is 11. The van der Waals surface area contributed by atoms with Gasteiger partial charge in [0.1, 0.15) is 0 Å². The van der Waals surface area contributed by atoms with Crippen molar-refractivity contribution in [3.8, 4) is 17.4 Å². The Bertz CT molecular complexity index is 1320. The molecule has 1 fully saturated rings. The fourth-order valence-corrected chi connectivity index (χ4v) is 5.48. The summed E-state index contributed by atoms with van der Waals surface area (Å²) in [6, 6.07) is 11.4. The third-order valence-electron chi connectivity index (χ3n) is 7.04. The van der Waals surface area contributed by atoms with Crippen LogP contribution in [0.3, 0.4) is 0 Å². The Hall–Kier alpha value is -2.95. The topological polar surface area (TPSA) is 93.5 Å². The van der Waals surface area contributed by atoms with Gasteiger partial charge in [-0.2, -0.15) is 8.42 Å². The van der Waals surface area contributed by atoms with Crippen LogP contribution in [0.4, 0.5) is 5.69 Å². The Kier molecular flexibility index (Phi) is 8.51. The van der Waals surface area contributed by atoms with E-state index >= 15 is 0 Å². The molecule has 9 nitrogen and oxygen atoms in total. The lowest BCUT2D eigenvalue weighted by atomic mass is 10.0. The van der Waals surface area contributed by atoms with Gasteiger partial charge in [-0.1, -0.05) is 19.1 Å². The Morgan fingerprint density at radius 3 is 2.38 bits per heavy atom. The fourth-order valence-electron chi connectivity index (χ4n) is 5.05. The van der Waals surface area contributed by atoms with E-state index in [1.54, 1.807) is 14.2 Å². The first kappa shape index (κ1) is 27.1. The van der Waals surface area contributed by atoms with Crippen LogP contribution in [0.25, 0.3) is 10.8 Å². The molecule has 0 radical (unpaired) electrons. The Morgan fingerprint density at radius 2 is 1.73 bits per heavy atom. The van der Waals surface area contributed by atoms with E-state index in [9.17, 15) is 13.5 Å². The Morgan fingerprint density at radius 1 is 1.00 bits per heavy atom. The highest BCUT2D eigenvalue weighted by Crippen LogP contribution is 2.40. The van der Waals surface area contributed by atoms with Gasteiger partial charge in [-0.05, 0) is 49.2 Å². The van der Waals surface area contributed by atoms with Crippen LogP contribution in [0.5, 0.6) is 17.4 Å². The van der Waals surface area contributed by atoms with Gasteiger partial charge in [0.25, 0.3) is 10.1 Å². The smallest absolute Gasteiger partial charge is 0.264 e. The largest absolute Gasteiger partial charge is 0.494 e. The molecule has 2 heterocycles. The monoisotopic (exact) mass is 531 g/mol. The molecule has 37 heavy (non-hydrogen) atoms. The van der Waals surface area contributed by atoms with Crippen LogP contribution in [0, 0.1) is 0 Å². The van der Waals surface area contributed by atoms with Crippen LogP contribution >= 0.6 is 0 Å². The zero-order valence-electron chi connectivity index (χ0n) is 22.0. The maximum Gasteiger partial charge on any atom is 0.264 e. The first-order valence-electron chi connectivity index (χ1n) is 12.6. The van der Waals surface area contributed by atoms with E-state index in [4.69, 9.17) is 13.7 Å². The van der Waals surface area contributed by atoms with Crippen molar-refractivity contribution in [2.24, 2.45) is 0 Å². The normalized spacial score (nSPS) is 15.7. The average molecular weight is 532 g/mol. The van der Waals surface area contributed by atoms with Crippen LogP contribution in [0.1, 0.15) is 31.4 Å². The quantitative estimate of drug-likeness (QED) is 0.295. The number of anilines is 1. The summed E-state index contributed by atoms with van der Waals surface area (Å²) < 4.78 is 40.7. The number of aromatic hydroxyl groups is 1. The third kappa shape index (κ3) is 6.14. The number of methoxy groups -OCH3 is 2. The molecule has 0 unspecified atom stereocenters. The maximum atomic E-state index is 11.5. The molecule has 0 aliphatic carbocycles. The van der Waals surface area contributed by atoms with Gasteiger partial charge in [-0.3, -0.25) is 4.18 Å². The highest BCUT2D eigenvalue weighted by Gasteiger charge is 2.24. The van der Waals surface area contributed by atoms with Gasteiger partial charge in [0.05, 0.1) is 33.1 Å². The summed E-state index contributed by atoms with van der Waals surface area (Å²) in [6.07, 6.45) is 4.08. The molecule has 1 atom stereocenters. The van der Waals surface area contributed by atoms with E-state index in [1.165, 1.54) is 0 Å². The van der Waals surface area contributed by atoms with Gasteiger partial charge in [0.15, 0.2) is 17.4 Å². The lowest BCUT2D eigenvalue weighted by Crippen LogP contribution is -2.46. The molecule has 1 aromatic heterocycles. The number of benzene rings is 2. The molecule has 0 spiro atoms. The summed E-state index contributed by atoms with van der Waals surface area (Å²) in [5, 5.41) is 13.2. The summed E-state index contributed by atoms with van der Waals surface area (Å²) in [6.45, 7) is 7.18. The Balaban J connectivity index is 1.72. The third-order valence-corrected chi connectivity index (χ3v) is 7.64. The molecule has 3 aromatic rings. The van der Waals surface area contributed by atoms with Crippen molar-refractivity contribution in [1.82, 2.24) is 9.47 Å². The van der Waals surface area contributed by atoms with Gasteiger partial charge in [0.2, 0.25) is 0 Å². The van der Waals surface area contributed by atoms with E-state index in [-0.39, 0.29) is 18.5 Å². The van der Waals surface area contributed by atoms with Crippen LogP contribution in [0.2, 0.25) is 0 Å². The van der Waals surface area contributed by atoms with Gasteiger partial charge in [0, 0.05) is 48.8 Å². The molecule has 2 aromatic carbocycles. The second-order valence-electron chi connectivity index (χ2n) is 9.32. The molecule has 0 bridgehead atoms. The fraction of sp³-hybridized carbons (Fsp3) is 0.481. The number of ether oxygens (including phenoxy) is 2. The van der Waals surface area contributed by atoms with Gasteiger partial charge in [-0.15, -0.1) is 0 Å². The van der Waals surface area contributed by atoms with Crippen LogP contribution in [0.15, 0.2) is 42.6 Å². The summed E-state index contributed by atoms with van der Waals surface area (Å²) in [5.41, 5.74) is 2.01. The van der Waals surface area contributed by atoms with Crippen LogP contribution in [-0.4, -0.2) is 82.8 Å². The number of hydrogen-bond acceptors (Lipinski definition) is 8. The molecule has 1 saturated heterocycles. The Labute approximate surface area is 219 Å². The number of piperazine rings is 1. The molecular weight excluding hydrogens is 494 g/mol. The number of hydrogen-bond donors (Lipinski definition) is 1. The number of fused-ring (bicyclic) bond motifs is 1. The number of aromatic nitrogens is 1. The lowest BCUT2D eigenvalue weighted by molar-refractivity contribution is 0.271. The molecule has 4 rings (SSSR count). The minimum Gasteiger partial charge on any atom is -0.494 e. The van der Waals surface area contributed by atoms with E-state index in [0.717, 1.165) is 61.0 Å². The summed E-state index contributed by atoms with van der Waals surface area (Å²) >= 11 is 0. The summed E-state index contributed by atoms with van der Waals surface area (Å²) in [5.74, 6) is 1.37. The molecule has 0 amide bonds. The predicted molar refractivity (Wildman–Crippen MR) is 146 cm³/mol. The maximum absolute atomic E-state index is 11.5. The van der Waals surface area contributed by atoms with Gasteiger partial charge in [-0.25, -0.2) is 0 Å². The average Bonchev–Trinajstić information content (AvgIpc) is 3.24. The van der Waals surface area contributed by atoms with Crippen molar-refractivity contribution in [2.45, 2.75) is 25.8 Å². The van der Waals surface area contributed by atoms with Crippen molar-refractivity contribution < 1.29 is 27.2 Å². The first-order valence-corrected chi connectivity index (χ1v) is 14.4. The van der Waals surface area contributed by atoms with Crippen LogP contribution < -0.4 is 14.4 Å². The van der Waals surface area contributed by atoms with E-state index in [2.05, 4.69) is 22.8 Å². The molecule has 1 aliphatic rings. The van der Waals surface area contributed by atoms with Crippen LogP contribution in [-0.2, 0) is 14.3 Å². The van der Waals surface area contributed by atoms with Crippen molar-refractivity contribution in [3.05, 3.63) is 48.2 Å². The molecule has 1 N–H and O–H groups in total. The van der Waals surface area contributed by atoms with Gasteiger partial charge < -0.3 is 28.9 Å². The highest BCUT2D eigenvalue weighted by molar-refractivity contribution is 7.85. The van der Waals surface area contributed by atoms with Crippen molar-refractivity contribution in [1.29, 1.82) is 0 Å². The minimum atomic E-state index is -3.53. The number of nitrogens with zero attached hydrogens (tertiary/aromatic N) is 3. The van der Waals surface area contributed by atoms with Gasteiger partial charge >= 0.3 is 0 Å². The minimum absolute atomic E-state index is 0.0666. The van der Waals surface area contributed by atoms with Crippen molar-refractivity contribution >= 4 is 26.6 Å². The van der Waals surface area contributed by atoms with E-state index in [1.807, 2.05) is 41.1 Å². The zero-order valence-corrected chi connectivity index (χ0v) is 22.8. The van der Waals surface area contributed by atoms with E-state index in [0.29, 0.717) is 24.3 Å². The lowest BCUT2D eigenvalue weighted by Gasteiger charge is -2.35. The predicted octanol–water partition coefficient (Wildman–Crippen LogP) is 3.85. The zero-order chi connectivity index (χ0) is 26.6. The molecule has 202 valence electrons. The SMILES string of the molecule is CCN1CCN(c2cccc3c(O)n([C@H](CCCOS(C)(=O)=O)c4ccc(OC)c(OC)c4)cc23)CC1. The highest BCUT2D eigenvalue weighted by atomic mass is 32.2.